The lowest BCUT2D eigenvalue weighted by Gasteiger charge is -2.16. The van der Waals surface area contributed by atoms with Gasteiger partial charge in [-0.05, 0) is 79.0 Å². The lowest BCUT2D eigenvalue weighted by atomic mass is 10.1. The number of nitrogens with one attached hydrogen (secondary N) is 4. The summed E-state index contributed by atoms with van der Waals surface area (Å²) in [5.41, 5.74) is 1.15. The van der Waals surface area contributed by atoms with Crippen molar-refractivity contribution in [3.8, 4) is 0 Å². The fraction of sp³-hybridized carbons (Fsp3) is 0.292. The number of carbonyl (C=O) groups excluding carboxylic acids is 2. The number of sulfonamides is 1. The highest BCUT2D eigenvalue weighted by molar-refractivity contribution is 7.90. The molecule has 37 heavy (non-hydrogen) atoms. The zero-order chi connectivity index (χ0) is 27.8. The van der Waals surface area contributed by atoms with Crippen LogP contribution in [0.15, 0.2) is 46.2 Å². The van der Waals surface area contributed by atoms with Crippen molar-refractivity contribution in [2.45, 2.75) is 56.4 Å². The van der Waals surface area contributed by atoms with Gasteiger partial charge in [0.15, 0.2) is 5.11 Å². The highest BCUT2D eigenvalue weighted by atomic mass is 32.2. The van der Waals surface area contributed by atoms with Crippen LogP contribution in [0.25, 0.3) is 12.2 Å². The van der Waals surface area contributed by atoms with Gasteiger partial charge in [0.1, 0.15) is 0 Å². The van der Waals surface area contributed by atoms with E-state index in [2.05, 4.69) is 20.7 Å². The van der Waals surface area contributed by atoms with E-state index in [9.17, 15) is 26.8 Å². The summed E-state index contributed by atoms with van der Waals surface area (Å²) in [4.78, 5) is 23.1. The van der Waals surface area contributed by atoms with Gasteiger partial charge in [0.25, 0.3) is 10.0 Å². The maximum atomic E-state index is 13.1. The summed E-state index contributed by atoms with van der Waals surface area (Å²) in [6, 6.07) is 8.80. The lowest BCUT2D eigenvalue weighted by Crippen LogP contribution is -2.34. The Balaban J connectivity index is 2.53. The van der Waals surface area contributed by atoms with Crippen molar-refractivity contribution in [2.75, 3.05) is 10.6 Å². The molecule has 0 bridgehead atoms. The van der Waals surface area contributed by atoms with Gasteiger partial charge >= 0.3 is 0 Å². The van der Waals surface area contributed by atoms with Crippen molar-refractivity contribution in [3.63, 3.8) is 0 Å². The van der Waals surface area contributed by atoms with E-state index >= 15 is 0 Å². The van der Waals surface area contributed by atoms with E-state index in [1.54, 1.807) is 13.0 Å². The van der Waals surface area contributed by atoms with E-state index < -0.39 is 27.0 Å². The molecule has 0 fully saturated rings. The second-order valence-electron chi connectivity index (χ2n) is 8.29. The van der Waals surface area contributed by atoms with Crippen LogP contribution in [0.3, 0.4) is 0 Å². The summed E-state index contributed by atoms with van der Waals surface area (Å²) >= 11 is 2.61. The first-order valence-electron chi connectivity index (χ1n) is 11.3. The molecule has 10 nitrogen and oxygen atoms in total. The average Bonchev–Trinajstić information content (AvgIpc) is 2.77. The minimum Gasteiger partial charge on any atom is -0.768 e. The Labute approximate surface area is 224 Å². The van der Waals surface area contributed by atoms with E-state index in [0.29, 0.717) is 22.9 Å². The molecule has 200 valence electrons. The molecule has 1 unspecified atom stereocenters. The second-order valence-corrected chi connectivity index (χ2v) is 11.3. The van der Waals surface area contributed by atoms with Gasteiger partial charge in [-0.2, -0.15) is 0 Å². The molecule has 0 aromatic heterocycles. The Morgan fingerprint density at radius 1 is 1.05 bits per heavy atom. The van der Waals surface area contributed by atoms with Crippen molar-refractivity contribution in [1.82, 2.24) is 10.0 Å². The molecule has 4 N–H and O–H groups in total. The Hall–Kier alpha value is -3.13. The van der Waals surface area contributed by atoms with Crippen LogP contribution in [-0.4, -0.2) is 40.1 Å². The predicted octanol–water partition coefficient (Wildman–Crippen LogP) is 3.35. The van der Waals surface area contributed by atoms with Crippen LogP contribution in [-0.2, 0) is 30.7 Å². The summed E-state index contributed by atoms with van der Waals surface area (Å²) in [5.74, 6) is -1.01. The first-order chi connectivity index (χ1) is 17.3. The van der Waals surface area contributed by atoms with Crippen LogP contribution < -0.4 is 20.7 Å². The van der Waals surface area contributed by atoms with Crippen molar-refractivity contribution >= 4 is 73.8 Å². The minimum absolute atomic E-state index is 0.0318. The lowest BCUT2D eigenvalue weighted by molar-refractivity contribution is -0.119. The molecule has 0 radical (unpaired) electrons. The van der Waals surface area contributed by atoms with E-state index in [1.165, 1.54) is 49.4 Å². The fourth-order valence-corrected chi connectivity index (χ4v) is 5.32. The van der Waals surface area contributed by atoms with Crippen LogP contribution >= 0.6 is 12.2 Å². The third-order valence-electron chi connectivity index (χ3n) is 4.66. The SMILES string of the molecule is CCCC(=O)NS(=O)(=O)c1cc(NC(=S)NC(C)C)ccc1/C=C/c1ccc(NC(C)=O)cc1S(=O)[O-]. The van der Waals surface area contributed by atoms with Gasteiger partial charge < -0.3 is 20.5 Å². The molecular formula is C24H29N4O6S3-. The van der Waals surface area contributed by atoms with Gasteiger partial charge in [0, 0.05) is 35.7 Å². The zero-order valence-electron chi connectivity index (χ0n) is 20.8. The second kappa shape index (κ2) is 13.4. The fourth-order valence-electron chi connectivity index (χ4n) is 3.17. The molecule has 1 atom stereocenters. The quantitative estimate of drug-likeness (QED) is 0.193. The smallest absolute Gasteiger partial charge is 0.264 e. The summed E-state index contributed by atoms with van der Waals surface area (Å²) in [5, 5.41) is 8.71. The Morgan fingerprint density at radius 3 is 2.22 bits per heavy atom. The van der Waals surface area contributed by atoms with Crippen molar-refractivity contribution in [1.29, 1.82) is 0 Å². The third kappa shape index (κ3) is 9.35. The third-order valence-corrected chi connectivity index (χ3v) is 7.02. The molecule has 0 spiro atoms. The predicted molar refractivity (Wildman–Crippen MR) is 148 cm³/mol. The number of anilines is 2. The summed E-state index contributed by atoms with van der Waals surface area (Å²) < 4.78 is 51.9. The monoisotopic (exact) mass is 565 g/mol. The summed E-state index contributed by atoms with van der Waals surface area (Å²) in [7, 11) is -4.27. The molecule has 0 heterocycles. The minimum atomic E-state index is -4.27. The number of rotatable bonds is 10. The van der Waals surface area contributed by atoms with E-state index in [1.807, 2.05) is 13.8 Å². The normalized spacial score (nSPS) is 12.3. The first-order valence-corrected chi connectivity index (χ1v) is 14.2. The highest BCUT2D eigenvalue weighted by Gasteiger charge is 2.21. The number of thiocarbonyl (C=S) groups is 1. The maximum absolute atomic E-state index is 13.1. The van der Waals surface area contributed by atoms with Crippen LogP contribution in [0.1, 0.15) is 51.7 Å². The average molecular weight is 566 g/mol. The van der Waals surface area contributed by atoms with Crippen molar-refractivity contribution in [2.24, 2.45) is 0 Å². The zero-order valence-corrected chi connectivity index (χ0v) is 23.2. The van der Waals surface area contributed by atoms with Crippen molar-refractivity contribution < 1.29 is 26.8 Å². The van der Waals surface area contributed by atoms with E-state index in [0.717, 1.165) is 0 Å². The highest BCUT2D eigenvalue weighted by Crippen LogP contribution is 2.26. The topological polar surface area (TPSA) is 157 Å². The van der Waals surface area contributed by atoms with E-state index in [4.69, 9.17) is 12.2 Å². The molecular weight excluding hydrogens is 536 g/mol. The molecule has 2 aromatic rings. The summed E-state index contributed by atoms with van der Waals surface area (Å²) in [6.45, 7) is 6.84. The molecule has 2 rings (SSSR count). The van der Waals surface area contributed by atoms with Gasteiger partial charge in [-0.3, -0.25) is 13.8 Å². The number of amides is 2. The molecule has 2 amide bonds. The number of carbonyl (C=O) groups is 2. The first kappa shape index (κ1) is 30.1. The maximum Gasteiger partial charge on any atom is 0.264 e. The van der Waals surface area contributed by atoms with Gasteiger partial charge in [-0.1, -0.05) is 31.2 Å². The van der Waals surface area contributed by atoms with Gasteiger partial charge in [-0.15, -0.1) is 0 Å². The van der Waals surface area contributed by atoms with E-state index in [-0.39, 0.29) is 39.3 Å². The molecule has 0 aliphatic carbocycles. The Kier molecular flexibility index (Phi) is 10.9. The molecule has 13 heteroatoms. The van der Waals surface area contributed by atoms with Gasteiger partial charge in [0.05, 0.1) is 4.90 Å². The number of benzene rings is 2. The van der Waals surface area contributed by atoms with Crippen molar-refractivity contribution in [3.05, 3.63) is 47.5 Å². The van der Waals surface area contributed by atoms with Crippen LogP contribution in [0.4, 0.5) is 11.4 Å². The molecule has 0 saturated carbocycles. The molecule has 0 aliphatic heterocycles. The van der Waals surface area contributed by atoms with Gasteiger partial charge in [-0.25, -0.2) is 13.1 Å². The molecule has 0 aliphatic rings. The Morgan fingerprint density at radius 2 is 1.65 bits per heavy atom. The van der Waals surface area contributed by atoms with Gasteiger partial charge in [0.2, 0.25) is 11.8 Å². The summed E-state index contributed by atoms with van der Waals surface area (Å²) in [6.07, 6.45) is 3.36. The number of hydrogen-bond acceptors (Lipinski definition) is 7. The standard InChI is InChI=1S/C24H30N4O6S3/c1-5-6-23(30)28-37(33,34)22-14-20(27-24(35)25-15(2)3)12-10-18(22)8-7-17-9-11-19(26-16(4)29)13-21(17)36(31)32/h7-15H,5-6H2,1-4H3,(H,26,29)(H,28,30)(H,31,32)(H2,25,27,35)/p-1/b8-7+. The Bertz CT molecular complexity index is 1340. The number of hydrogen-bond donors (Lipinski definition) is 4. The largest absolute Gasteiger partial charge is 0.768 e. The molecule has 0 saturated heterocycles. The van der Waals surface area contributed by atoms with Crippen LogP contribution in [0.5, 0.6) is 0 Å². The van der Waals surface area contributed by atoms with Crippen LogP contribution in [0.2, 0.25) is 0 Å². The van der Waals surface area contributed by atoms with Crippen LogP contribution in [0, 0.1) is 0 Å². The molecule has 2 aromatic carbocycles.